The molecule has 2 heterocycles. The number of anilines is 3. The Kier molecular flexibility index (Phi) is 6.23. The van der Waals surface area contributed by atoms with Gasteiger partial charge in [-0.25, -0.2) is 9.48 Å². The van der Waals surface area contributed by atoms with Gasteiger partial charge in [0.2, 0.25) is 11.8 Å². The Labute approximate surface area is 228 Å². The summed E-state index contributed by atoms with van der Waals surface area (Å²) in [5.74, 6) is -0.707. The van der Waals surface area contributed by atoms with Crippen LogP contribution in [0.15, 0.2) is 102 Å². The molecule has 40 heavy (non-hydrogen) atoms. The molecule has 6 rings (SSSR count). The normalized spacial score (nSPS) is 18.6. The van der Waals surface area contributed by atoms with Crippen LogP contribution in [0.4, 0.5) is 35.9 Å². The first-order valence-corrected chi connectivity index (χ1v) is 12.7. The third-order valence-corrected chi connectivity index (χ3v) is 7.31. The molecule has 4 aromatic carbocycles. The number of nitrogens with one attached hydrogen (secondary N) is 1. The lowest BCUT2D eigenvalue weighted by Gasteiger charge is -2.28. The predicted octanol–water partition coefficient (Wildman–Crippen LogP) is 6.93. The first-order valence-electron chi connectivity index (χ1n) is 12.7. The summed E-state index contributed by atoms with van der Waals surface area (Å²) in [4.78, 5) is 31.6. The van der Waals surface area contributed by atoms with Gasteiger partial charge in [-0.15, -0.1) is 0 Å². The lowest BCUT2D eigenvalue weighted by Crippen LogP contribution is -2.42. The quantitative estimate of drug-likeness (QED) is 0.220. The zero-order chi connectivity index (χ0) is 27.9. The lowest BCUT2D eigenvalue weighted by atomic mass is 10.1. The number of hydrogen-bond acceptors (Lipinski definition) is 3. The van der Waals surface area contributed by atoms with Crippen molar-refractivity contribution in [2.75, 3.05) is 16.8 Å². The molecule has 200 valence electrons. The van der Waals surface area contributed by atoms with Crippen molar-refractivity contribution in [3.05, 3.63) is 108 Å². The third-order valence-electron chi connectivity index (χ3n) is 7.31. The van der Waals surface area contributed by atoms with Crippen LogP contribution < -0.4 is 14.7 Å². The Morgan fingerprint density at radius 2 is 1.65 bits per heavy atom. The van der Waals surface area contributed by atoms with Crippen molar-refractivity contribution in [3.63, 3.8) is 0 Å². The van der Waals surface area contributed by atoms with Gasteiger partial charge in [0, 0.05) is 29.6 Å². The van der Waals surface area contributed by atoms with E-state index in [4.69, 9.17) is 0 Å². The van der Waals surface area contributed by atoms with E-state index in [2.05, 4.69) is 10.3 Å². The molecule has 0 saturated heterocycles. The average Bonchev–Trinajstić information content (AvgIpc) is 3.38. The molecule has 2 aliphatic heterocycles. The predicted molar refractivity (Wildman–Crippen MR) is 150 cm³/mol. The van der Waals surface area contributed by atoms with Gasteiger partial charge in [0.25, 0.3) is 0 Å². The van der Waals surface area contributed by atoms with Crippen molar-refractivity contribution < 1.29 is 22.8 Å². The minimum atomic E-state index is -4.37. The van der Waals surface area contributed by atoms with E-state index in [0.717, 1.165) is 34.2 Å². The summed E-state index contributed by atoms with van der Waals surface area (Å²) in [6, 6.07) is 24.1. The zero-order valence-corrected chi connectivity index (χ0v) is 21.2. The molecule has 0 spiro atoms. The molecule has 0 radical (unpaired) electrons. The van der Waals surface area contributed by atoms with E-state index in [0.29, 0.717) is 30.0 Å². The van der Waals surface area contributed by atoms with Crippen LogP contribution in [0.1, 0.15) is 17.5 Å². The first-order chi connectivity index (χ1) is 19.2. The van der Waals surface area contributed by atoms with Crippen molar-refractivity contribution in [3.8, 4) is 0 Å². The molecular weight excluding hydrogens is 517 g/mol. The SMILES string of the molecule is O=C1CC(=O)N(c2ccc([N+]3(CCc4ccc(C(F)(F)F)cc4)C=CN=C3)cc2)c2ccc3ccccc3c2N1. The van der Waals surface area contributed by atoms with Crippen molar-refractivity contribution >= 4 is 51.7 Å². The summed E-state index contributed by atoms with van der Waals surface area (Å²) in [6.45, 7) is 0.542. The highest BCUT2D eigenvalue weighted by Crippen LogP contribution is 2.41. The largest absolute Gasteiger partial charge is 0.416 e. The van der Waals surface area contributed by atoms with Crippen molar-refractivity contribution in [2.24, 2.45) is 4.99 Å². The molecule has 1 unspecified atom stereocenters. The second-order valence-corrected chi connectivity index (χ2v) is 9.81. The number of halogens is 3. The molecule has 2 amide bonds. The summed E-state index contributed by atoms with van der Waals surface area (Å²) in [6.07, 6.45) is 1.25. The molecule has 4 aromatic rings. The highest BCUT2D eigenvalue weighted by atomic mass is 19.4. The number of carbonyl (C=O) groups is 2. The van der Waals surface area contributed by atoms with E-state index in [9.17, 15) is 22.8 Å². The average molecular weight is 542 g/mol. The fraction of sp³-hybridized carbons (Fsp3) is 0.129. The maximum absolute atomic E-state index is 13.2. The van der Waals surface area contributed by atoms with E-state index < -0.39 is 11.7 Å². The van der Waals surface area contributed by atoms with Crippen molar-refractivity contribution in [1.29, 1.82) is 0 Å². The van der Waals surface area contributed by atoms with Crippen LogP contribution in [0.25, 0.3) is 10.8 Å². The molecule has 6 nitrogen and oxygen atoms in total. The topological polar surface area (TPSA) is 61.8 Å². The van der Waals surface area contributed by atoms with Crippen LogP contribution in [0.2, 0.25) is 0 Å². The summed E-state index contributed by atoms with van der Waals surface area (Å²) < 4.78 is 39.1. The maximum Gasteiger partial charge on any atom is 0.416 e. The minimum Gasteiger partial charge on any atom is -0.323 e. The van der Waals surface area contributed by atoms with Gasteiger partial charge in [0.1, 0.15) is 18.3 Å². The molecule has 2 aliphatic rings. The Morgan fingerprint density at radius 1 is 0.900 bits per heavy atom. The third kappa shape index (κ3) is 4.65. The summed E-state index contributed by atoms with van der Waals surface area (Å²) in [7, 11) is 0. The second-order valence-electron chi connectivity index (χ2n) is 9.81. The van der Waals surface area contributed by atoms with Gasteiger partial charge in [0.15, 0.2) is 6.34 Å². The Morgan fingerprint density at radius 3 is 2.35 bits per heavy atom. The standard InChI is InChI=1S/C31H23F3N4O2/c32-31(33,34)23-8-5-21(6-9-23)15-17-38(18-16-35-20-38)25-12-10-24(11-13-25)37-27-14-7-22-3-1-2-4-26(22)30(27)36-28(39)19-29(37)40/h1-14,16,18,20H,15,17,19H2/p+1. The van der Waals surface area contributed by atoms with Crippen molar-refractivity contribution in [1.82, 2.24) is 4.48 Å². The minimum absolute atomic E-state index is 0.274. The van der Waals surface area contributed by atoms with E-state index in [1.807, 2.05) is 66.9 Å². The fourth-order valence-corrected chi connectivity index (χ4v) is 5.22. The molecule has 1 atom stereocenters. The second kappa shape index (κ2) is 9.77. The maximum atomic E-state index is 13.2. The van der Waals surface area contributed by atoms with Gasteiger partial charge in [-0.05, 0) is 41.3 Å². The highest BCUT2D eigenvalue weighted by Gasteiger charge is 2.33. The number of nitrogens with zero attached hydrogens (tertiary/aromatic N) is 3. The van der Waals surface area contributed by atoms with E-state index in [1.54, 1.807) is 17.4 Å². The number of benzene rings is 4. The fourth-order valence-electron chi connectivity index (χ4n) is 5.22. The number of hydrogen-bond donors (Lipinski definition) is 1. The van der Waals surface area contributed by atoms with Gasteiger partial charge in [-0.3, -0.25) is 14.5 Å². The smallest absolute Gasteiger partial charge is 0.323 e. The molecule has 0 aromatic heterocycles. The van der Waals surface area contributed by atoms with Crippen LogP contribution in [-0.2, 0) is 22.2 Å². The van der Waals surface area contributed by atoms with Crippen LogP contribution in [0.3, 0.4) is 0 Å². The van der Waals surface area contributed by atoms with Crippen LogP contribution >= 0.6 is 0 Å². The number of aliphatic imine (C=N–C) groups is 1. The van der Waals surface area contributed by atoms with Gasteiger partial charge >= 0.3 is 6.18 Å². The number of fused-ring (bicyclic) bond motifs is 3. The summed E-state index contributed by atoms with van der Waals surface area (Å²) in [5, 5.41) is 4.70. The number of quaternary nitrogens is 1. The highest BCUT2D eigenvalue weighted by molar-refractivity contribution is 6.21. The number of amides is 2. The Bertz CT molecular complexity index is 1660. The zero-order valence-electron chi connectivity index (χ0n) is 21.2. The Hall–Kier alpha value is -4.76. The van der Waals surface area contributed by atoms with Gasteiger partial charge in [-0.1, -0.05) is 42.5 Å². The molecule has 0 saturated carbocycles. The Balaban J connectivity index is 1.30. The molecule has 0 fully saturated rings. The van der Waals surface area contributed by atoms with Crippen LogP contribution in [0.5, 0.6) is 0 Å². The van der Waals surface area contributed by atoms with Crippen LogP contribution in [-0.4, -0.2) is 24.7 Å². The van der Waals surface area contributed by atoms with Gasteiger partial charge < -0.3 is 5.32 Å². The van der Waals surface area contributed by atoms with Gasteiger partial charge in [-0.2, -0.15) is 13.2 Å². The van der Waals surface area contributed by atoms with Gasteiger partial charge in [0.05, 0.1) is 29.7 Å². The molecule has 9 heteroatoms. The van der Waals surface area contributed by atoms with Crippen molar-refractivity contribution in [2.45, 2.75) is 19.0 Å². The first kappa shape index (κ1) is 25.5. The van der Waals surface area contributed by atoms with Crippen LogP contribution in [0, 0.1) is 0 Å². The molecule has 0 aliphatic carbocycles. The molecule has 0 bridgehead atoms. The summed E-state index contributed by atoms with van der Waals surface area (Å²) >= 11 is 0. The van der Waals surface area contributed by atoms with E-state index in [-0.39, 0.29) is 22.7 Å². The monoisotopic (exact) mass is 541 g/mol. The number of carbonyl (C=O) groups excluding carboxylic acids is 2. The number of rotatable bonds is 5. The molecule has 1 N–H and O–H groups in total. The summed E-state index contributed by atoms with van der Waals surface area (Å²) in [5.41, 5.74) is 2.79. The molecular formula is C31H24F3N4O2+. The lowest BCUT2D eigenvalue weighted by molar-refractivity contribution is -0.137. The van der Waals surface area contributed by atoms with E-state index >= 15 is 0 Å². The number of alkyl halides is 3. The van der Waals surface area contributed by atoms with E-state index in [1.165, 1.54) is 12.1 Å².